The van der Waals surface area contributed by atoms with Crippen molar-refractivity contribution >= 4 is 23.0 Å². The Hall–Kier alpha value is -3.53. The van der Waals surface area contributed by atoms with E-state index in [-0.39, 0.29) is 11.5 Å². The first-order valence-corrected chi connectivity index (χ1v) is 6.50. The number of nitrogens with two attached hydrogens (primary N) is 1. The second-order valence-electron chi connectivity index (χ2n) is 4.48. The Morgan fingerprint density at radius 1 is 1.22 bits per heavy atom. The van der Waals surface area contributed by atoms with Gasteiger partial charge in [-0.3, -0.25) is 15.6 Å². The van der Waals surface area contributed by atoms with Crippen LogP contribution in [0.1, 0.15) is 15.9 Å². The van der Waals surface area contributed by atoms with Crippen LogP contribution >= 0.6 is 0 Å². The van der Waals surface area contributed by atoms with Gasteiger partial charge in [0, 0.05) is 11.1 Å². The van der Waals surface area contributed by atoms with Crippen LogP contribution in [-0.2, 0) is 0 Å². The Balaban J connectivity index is 2.34. The van der Waals surface area contributed by atoms with Crippen molar-refractivity contribution in [3.63, 3.8) is 0 Å². The van der Waals surface area contributed by atoms with E-state index in [9.17, 15) is 9.18 Å². The molecule has 0 radical (unpaired) electrons. The summed E-state index contributed by atoms with van der Waals surface area (Å²) < 4.78 is 13.0. The van der Waals surface area contributed by atoms with Gasteiger partial charge in [0.2, 0.25) is 5.71 Å². The van der Waals surface area contributed by atoms with Gasteiger partial charge in [-0.1, -0.05) is 12.1 Å². The molecule has 4 N–H and O–H groups in total. The van der Waals surface area contributed by atoms with E-state index in [0.29, 0.717) is 16.8 Å². The monoisotopic (exact) mass is 309 g/mol. The predicted molar refractivity (Wildman–Crippen MR) is 84.9 cm³/mol. The van der Waals surface area contributed by atoms with E-state index < -0.39 is 11.7 Å². The van der Waals surface area contributed by atoms with Gasteiger partial charge in [0.15, 0.2) is 11.6 Å². The van der Waals surface area contributed by atoms with Crippen molar-refractivity contribution < 1.29 is 9.18 Å². The zero-order chi connectivity index (χ0) is 16.8. The van der Waals surface area contributed by atoms with E-state index in [1.165, 1.54) is 24.3 Å². The van der Waals surface area contributed by atoms with E-state index in [0.717, 1.165) is 0 Å². The molecule has 0 aliphatic rings. The van der Waals surface area contributed by atoms with Crippen molar-refractivity contribution in [2.75, 3.05) is 5.43 Å². The maximum Gasteiger partial charge on any atom is 0.201 e. The van der Waals surface area contributed by atoms with Crippen molar-refractivity contribution in [2.45, 2.75) is 0 Å². The van der Waals surface area contributed by atoms with Crippen molar-refractivity contribution in [3.8, 4) is 6.07 Å². The molecular formula is C16H12FN5O. The average Bonchev–Trinajstić information content (AvgIpc) is 2.55. The van der Waals surface area contributed by atoms with Gasteiger partial charge in [-0.2, -0.15) is 10.4 Å². The van der Waals surface area contributed by atoms with Crippen LogP contribution < -0.4 is 11.2 Å². The molecule has 6 nitrogen and oxygen atoms in total. The van der Waals surface area contributed by atoms with E-state index in [1.807, 2.05) is 0 Å². The molecule has 0 aromatic heterocycles. The lowest BCUT2D eigenvalue weighted by Crippen LogP contribution is -2.22. The number of carbonyl (C=O) groups excluding carboxylic acids is 1. The molecule has 0 aliphatic heterocycles. The molecule has 0 unspecified atom stereocenters. The number of nitrogens with zero attached hydrogens (tertiary/aromatic N) is 2. The zero-order valence-corrected chi connectivity index (χ0v) is 11.9. The minimum Gasteiger partial charge on any atom is -0.382 e. The van der Waals surface area contributed by atoms with Crippen molar-refractivity contribution in [3.05, 3.63) is 65.5 Å². The largest absolute Gasteiger partial charge is 0.382 e. The lowest BCUT2D eigenvalue weighted by molar-refractivity contribution is 0.103. The maximum absolute atomic E-state index is 13.0. The lowest BCUT2D eigenvalue weighted by atomic mass is 10.0. The van der Waals surface area contributed by atoms with Crippen LogP contribution in [-0.4, -0.2) is 17.3 Å². The van der Waals surface area contributed by atoms with Crippen LogP contribution in [0.2, 0.25) is 0 Å². The molecule has 0 saturated carbocycles. The summed E-state index contributed by atoms with van der Waals surface area (Å²) in [6.45, 7) is 0. The molecule has 7 heteroatoms. The fourth-order valence-electron chi connectivity index (χ4n) is 1.80. The highest BCUT2D eigenvalue weighted by Crippen LogP contribution is 2.19. The normalized spacial score (nSPS) is 10.7. The molecule has 0 aliphatic carbocycles. The summed E-state index contributed by atoms with van der Waals surface area (Å²) in [5.41, 5.74) is 8.42. The average molecular weight is 309 g/mol. The van der Waals surface area contributed by atoms with Crippen molar-refractivity contribution in [1.82, 2.24) is 0 Å². The standard InChI is InChI=1S/C16H12FN5O/c17-11-7-5-10(6-8-11)15(23)12-3-1-2-4-13(12)21-22-14(9-18)16(19)20/h1-8,21H,(H3,19,20)/b22-14+. The van der Waals surface area contributed by atoms with Gasteiger partial charge in [-0.25, -0.2) is 4.39 Å². The number of rotatable bonds is 5. The number of halogens is 1. The van der Waals surface area contributed by atoms with Gasteiger partial charge >= 0.3 is 0 Å². The van der Waals surface area contributed by atoms with E-state index in [4.69, 9.17) is 16.4 Å². The van der Waals surface area contributed by atoms with Crippen LogP contribution in [0, 0.1) is 22.6 Å². The first-order valence-electron chi connectivity index (χ1n) is 6.50. The molecular weight excluding hydrogens is 297 g/mol. The number of nitriles is 1. The number of anilines is 1. The smallest absolute Gasteiger partial charge is 0.201 e. The molecule has 0 heterocycles. The quantitative estimate of drug-likeness (QED) is 0.340. The summed E-state index contributed by atoms with van der Waals surface area (Å²) >= 11 is 0. The maximum atomic E-state index is 13.0. The second-order valence-corrected chi connectivity index (χ2v) is 4.48. The van der Waals surface area contributed by atoms with Crippen molar-refractivity contribution in [1.29, 1.82) is 10.7 Å². The molecule has 0 bridgehead atoms. The van der Waals surface area contributed by atoms with E-state index >= 15 is 0 Å². The number of ketones is 1. The van der Waals surface area contributed by atoms with Gasteiger partial charge in [0.25, 0.3) is 0 Å². The predicted octanol–water partition coefficient (Wildman–Crippen LogP) is 2.28. The van der Waals surface area contributed by atoms with Crippen LogP contribution in [0.5, 0.6) is 0 Å². The Morgan fingerprint density at radius 3 is 2.48 bits per heavy atom. The molecule has 0 atom stereocenters. The molecule has 23 heavy (non-hydrogen) atoms. The fraction of sp³-hybridized carbons (Fsp3) is 0. The van der Waals surface area contributed by atoms with E-state index in [2.05, 4.69) is 10.5 Å². The van der Waals surface area contributed by atoms with Gasteiger partial charge in [0.05, 0.1) is 5.69 Å². The fourth-order valence-corrected chi connectivity index (χ4v) is 1.80. The van der Waals surface area contributed by atoms with Crippen LogP contribution in [0.4, 0.5) is 10.1 Å². The highest BCUT2D eigenvalue weighted by Gasteiger charge is 2.13. The molecule has 0 spiro atoms. The summed E-state index contributed by atoms with van der Waals surface area (Å²) in [5.74, 6) is -1.25. The third kappa shape index (κ3) is 3.77. The molecule has 2 aromatic carbocycles. The Morgan fingerprint density at radius 2 is 1.87 bits per heavy atom. The summed E-state index contributed by atoms with van der Waals surface area (Å²) in [5, 5.41) is 19.7. The molecule has 2 aromatic rings. The van der Waals surface area contributed by atoms with Gasteiger partial charge in [0.1, 0.15) is 11.9 Å². The highest BCUT2D eigenvalue weighted by atomic mass is 19.1. The first-order chi connectivity index (χ1) is 11.0. The third-order valence-electron chi connectivity index (χ3n) is 2.93. The Bertz CT molecular complexity index is 821. The van der Waals surface area contributed by atoms with Crippen molar-refractivity contribution in [2.24, 2.45) is 10.8 Å². The summed E-state index contributed by atoms with van der Waals surface area (Å²) in [6, 6.07) is 13.3. The summed E-state index contributed by atoms with van der Waals surface area (Å²) in [6.07, 6.45) is 0. The van der Waals surface area contributed by atoms with Crippen LogP contribution in [0.25, 0.3) is 0 Å². The molecule has 0 amide bonds. The number of amidine groups is 1. The number of benzene rings is 2. The molecule has 114 valence electrons. The number of hydrogen-bond acceptors (Lipinski definition) is 5. The lowest BCUT2D eigenvalue weighted by Gasteiger charge is -2.08. The van der Waals surface area contributed by atoms with Crippen LogP contribution in [0.15, 0.2) is 53.6 Å². The van der Waals surface area contributed by atoms with Gasteiger partial charge in [-0.15, -0.1) is 0 Å². The minimum absolute atomic E-state index is 0.295. The summed E-state index contributed by atoms with van der Waals surface area (Å²) in [7, 11) is 0. The first kappa shape index (κ1) is 15.9. The number of carbonyl (C=O) groups is 1. The molecule has 0 fully saturated rings. The highest BCUT2D eigenvalue weighted by molar-refractivity contribution is 6.45. The SMILES string of the molecule is N#C/C(=N\Nc1ccccc1C(=O)c1ccc(F)cc1)C(=N)N. The zero-order valence-electron chi connectivity index (χ0n) is 11.9. The topological polar surface area (TPSA) is 115 Å². The second kappa shape index (κ2) is 6.95. The number of hydrazone groups is 1. The van der Waals surface area contributed by atoms with Gasteiger partial charge < -0.3 is 5.73 Å². The Labute approximate surface area is 131 Å². The molecule has 0 saturated heterocycles. The molecule has 2 rings (SSSR count). The third-order valence-corrected chi connectivity index (χ3v) is 2.93. The minimum atomic E-state index is -0.484. The Kier molecular flexibility index (Phi) is 4.79. The van der Waals surface area contributed by atoms with E-state index in [1.54, 1.807) is 30.3 Å². The number of para-hydroxylation sites is 1. The number of hydrogen-bond donors (Lipinski definition) is 3. The summed E-state index contributed by atoms with van der Waals surface area (Å²) in [4.78, 5) is 12.5. The number of nitrogens with one attached hydrogen (secondary N) is 2. The van der Waals surface area contributed by atoms with Gasteiger partial charge in [-0.05, 0) is 36.4 Å². The van der Waals surface area contributed by atoms with Crippen LogP contribution in [0.3, 0.4) is 0 Å².